The molecule has 29 heavy (non-hydrogen) atoms. The van der Waals surface area contributed by atoms with Gasteiger partial charge in [0.15, 0.2) is 0 Å². The van der Waals surface area contributed by atoms with Crippen LogP contribution in [0.25, 0.3) is 10.2 Å². The van der Waals surface area contributed by atoms with Crippen molar-refractivity contribution >= 4 is 27.5 Å². The second kappa shape index (κ2) is 9.09. The van der Waals surface area contributed by atoms with Gasteiger partial charge in [0, 0.05) is 24.3 Å². The molecule has 0 aliphatic rings. The predicted molar refractivity (Wildman–Crippen MR) is 114 cm³/mol. The number of rotatable bonds is 8. The van der Waals surface area contributed by atoms with E-state index < -0.39 is 0 Å². The molecule has 0 radical (unpaired) electrons. The van der Waals surface area contributed by atoms with Gasteiger partial charge in [-0.25, -0.2) is 4.98 Å². The van der Waals surface area contributed by atoms with Crippen molar-refractivity contribution in [1.82, 2.24) is 15.3 Å². The predicted octanol–water partition coefficient (Wildman–Crippen LogP) is 2.91. The Kier molecular flexibility index (Phi) is 6.53. The first-order valence-corrected chi connectivity index (χ1v) is 10.2. The minimum absolute atomic E-state index is 0.0897. The average Bonchev–Trinajstić information content (AvgIpc) is 3.00. The Hall–Kier alpha value is -2.87. The quantitative estimate of drug-likeness (QED) is 0.590. The summed E-state index contributed by atoms with van der Waals surface area (Å²) in [6.45, 7) is 4.38. The van der Waals surface area contributed by atoms with Crippen molar-refractivity contribution in [3.05, 3.63) is 50.4 Å². The summed E-state index contributed by atoms with van der Waals surface area (Å²) in [4.78, 5) is 33.6. The monoisotopic (exact) mass is 415 g/mol. The maximum Gasteiger partial charge on any atom is 0.259 e. The summed E-state index contributed by atoms with van der Waals surface area (Å²) in [5, 5.41) is 3.55. The number of nitrogens with one attached hydrogen (secondary N) is 2. The van der Waals surface area contributed by atoms with Crippen molar-refractivity contribution in [3.63, 3.8) is 0 Å². The number of ether oxygens (including phenoxy) is 2. The van der Waals surface area contributed by atoms with Crippen molar-refractivity contribution in [2.24, 2.45) is 0 Å². The third-order valence-corrected chi connectivity index (χ3v) is 5.98. The summed E-state index contributed by atoms with van der Waals surface area (Å²) in [6.07, 6.45) is 1.27. The maximum absolute atomic E-state index is 12.3. The van der Waals surface area contributed by atoms with E-state index in [4.69, 9.17) is 9.47 Å². The number of methoxy groups -OCH3 is 2. The van der Waals surface area contributed by atoms with E-state index in [2.05, 4.69) is 15.3 Å². The van der Waals surface area contributed by atoms with Gasteiger partial charge in [-0.2, -0.15) is 0 Å². The van der Waals surface area contributed by atoms with E-state index in [0.29, 0.717) is 30.6 Å². The van der Waals surface area contributed by atoms with E-state index in [1.165, 1.54) is 11.3 Å². The molecule has 3 aromatic rings. The summed E-state index contributed by atoms with van der Waals surface area (Å²) in [7, 11) is 3.23. The first-order chi connectivity index (χ1) is 13.9. The number of aromatic nitrogens is 2. The third kappa shape index (κ3) is 4.76. The van der Waals surface area contributed by atoms with Crippen LogP contribution in [0.1, 0.15) is 28.2 Å². The van der Waals surface area contributed by atoms with Crippen molar-refractivity contribution < 1.29 is 14.3 Å². The molecule has 0 spiro atoms. The molecule has 2 heterocycles. The Morgan fingerprint density at radius 3 is 2.72 bits per heavy atom. The SMILES string of the molecule is COc1ccc(OC)c(CCNC(=O)CCc2nc3sc(C)c(C)c3c(=O)[nH]2)c1. The van der Waals surface area contributed by atoms with Crippen LogP contribution in [0.2, 0.25) is 0 Å². The zero-order chi connectivity index (χ0) is 21.0. The fourth-order valence-electron chi connectivity index (χ4n) is 3.15. The van der Waals surface area contributed by atoms with Crippen LogP contribution >= 0.6 is 11.3 Å². The van der Waals surface area contributed by atoms with Gasteiger partial charge >= 0.3 is 0 Å². The Morgan fingerprint density at radius 1 is 1.21 bits per heavy atom. The highest BCUT2D eigenvalue weighted by Gasteiger charge is 2.13. The zero-order valence-electron chi connectivity index (χ0n) is 17.0. The van der Waals surface area contributed by atoms with E-state index >= 15 is 0 Å². The van der Waals surface area contributed by atoms with E-state index in [-0.39, 0.29) is 17.9 Å². The molecule has 2 aromatic heterocycles. The van der Waals surface area contributed by atoms with Gasteiger partial charge in [-0.15, -0.1) is 11.3 Å². The Balaban J connectivity index is 1.56. The first-order valence-electron chi connectivity index (χ1n) is 9.39. The van der Waals surface area contributed by atoms with Crippen LogP contribution in [-0.2, 0) is 17.6 Å². The average molecular weight is 416 g/mol. The normalized spacial score (nSPS) is 10.9. The topological polar surface area (TPSA) is 93.3 Å². The summed E-state index contributed by atoms with van der Waals surface area (Å²) in [5.74, 6) is 1.95. The Bertz CT molecular complexity index is 1090. The van der Waals surface area contributed by atoms with Gasteiger partial charge in [-0.05, 0) is 49.6 Å². The van der Waals surface area contributed by atoms with Crippen LogP contribution in [0.5, 0.6) is 11.5 Å². The van der Waals surface area contributed by atoms with Crippen LogP contribution in [0.3, 0.4) is 0 Å². The fourth-order valence-corrected chi connectivity index (χ4v) is 4.20. The number of thiophene rings is 1. The molecule has 0 atom stereocenters. The molecule has 1 amide bonds. The van der Waals surface area contributed by atoms with Gasteiger partial charge in [0.1, 0.15) is 22.2 Å². The lowest BCUT2D eigenvalue weighted by atomic mass is 10.1. The lowest BCUT2D eigenvalue weighted by Crippen LogP contribution is -2.26. The van der Waals surface area contributed by atoms with E-state index in [0.717, 1.165) is 32.3 Å². The molecule has 0 aliphatic carbocycles. The molecule has 0 fully saturated rings. The third-order valence-electron chi connectivity index (χ3n) is 4.88. The van der Waals surface area contributed by atoms with Gasteiger partial charge in [0.2, 0.25) is 5.91 Å². The van der Waals surface area contributed by atoms with Crippen LogP contribution in [0.4, 0.5) is 0 Å². The van der Waals surface area contributed by atoms with Crippen LogP contribution in [0.15, 0.2) is 23.0 Å². The van der Waals surface area contributed by atoms with Gasteiger partial charge in [-0.1, -0.05) is 0 Å². The van der Waals surface area contributed by atoms with E-state index in [1.54, 1.807) is 14.2 Å². The number of hydrogen-bond acceptors (Lipinski definition) is 6. The Labute approximate surface area is 173 Å². The van der Waals surface area contributed by atoms with Crippen LogP contribution in [-0.4, -0.2) is 36.6 Å². The molecule has 7 nitrogen and oxygen atoms in total. The maximum atomic E-state index is 12.3. The van der Waals surface area contributed by atoms with Gasteiger partial charge < -0.3 is 19.8 Å². The number of aryl methyl sites for hydroxylation is 3. The van der Waals surface area contributed by atoms with Crippen LogP contribution < -0.4 is 20.3 Å². The van der Waals surface area contributed by atoms with Crippen molar-refractivity contribution in [3.8, 4) is 11.5 Å². The molecule has 1 aromatic carbocycles. The molecule has 0 unspecified atom stereocenters. The molecule has 0 aliphatic heterocycles. The summed E-state index contributed by atoms with van der Waals surface area (Å²) in [6, 6.07) is 5.59. The van der Waals surface area contributed by atoms with Crippen molar-refractivity contribution in [2.45, 2.75) is 33.1 Å². The molecule has 0 saturated carbocycles. The minimum Gasteiger partial charge on any atom is -0.497 e. The molecule has 3 rings (SSSR count). The Morgan fingerprint density at radius 2 is 2.00 bits per heavy atom. The molecular formula is C21H25N3O4S. The van der Waals surface area contributed by atoms with Gasteiger partial charge in [-0.3, -0.25) is 9.59 Å². The number of carbonyl (C=O) groups is 1. The molecule has 0 bridgehead atoms. The smallest absolute Gasteiger partial charge is 0.259 e. The largest absolute Gasteiger partial charge is 0.497 e. The number of H-pyrrole nitrogens is 1. The first kappa shape index (κ1) is 20.9. The standard InChI is InChI=1S/C21H25N3O4S/c1-12-13(2)29-21-19(12)20(26)23-17(24-21)7-8-18(25)22-10-9-14-11-15(27-3)5-6-16(14)28-4/h5-6,11H,7-10H2,1-4H3,(H,22,25)(H,23,24,26). The lowest BCUT2D eigenvalue weighted by Gasteiger charge is -2.11. The number of fused-ring (bicyclic) bond motifs is 1. The summed E-state index contributed by atoms with van der Waals surface area (Å²) < 4.78 is 10.6. The number of carbonyl (C=O) groups excluding carboxylic acids is 1. The molecule has 2 N–H and O–H groups in total. The summed E-state index contributed by atoms with van der Waals surface area (Å²) >= 11 is 1.51. The molecule has 8 heteroatoms. The van der Waals surface area contributed by atoms with Crippen molar-refractivity contribution in [2.75, 3.05) is 20.8 Å². The second-order valence-corrected chi connectivity index (χ2v) is 7.96. The van der Waals surface area contributed by atoms with Gasteiger partial charge in [0.25, 0.3) is 5.56 Å². The number of hydrogen-bond donors (Lipinski definition) is 2. The van der Waals surface area contributed by atoms with Gasteiger partial charge in [0.05, 0.1) is 19.6 Å². The number of nitrogens with zero attached hydrogens (tertiary/aromatic N) is 1. The number of benzene rings is 1. The van der Waals surface area contributed by atoms with E-state index in [9.17, 15) is 9.59 Å². The van der Waals surface area contributed by atoms with Crippen LogP contribution in [0, 0.1) is 13.8 Å². The highest BCUT2D eigenvalue weighted by Crippen LogP contribution is 2.26. The highest BCUT2D eigenvalue weighted by atomic mass is 32.1. The lowest BCUT2D eigenvalue weighted by molar-refractivity contribution is -0.121. The molecule has 154 valence electrons. The number of aromatic amines is 1. The molecule has 0 saturated heterocycles. The van der Waals surface area contributed by atoms with Crippen molar-refractivity contribution in [1.29, 1.82) is 0 Å². The highest BCUT2D eigenvalue weighted by molar-refractivity contribution is 7.18. The molecular weight excluding hydrogens is 390 g/mol. The zero-order valence-corrected chi connectivity index (χ0v) is 17.9. The summed E-state index contributed by atoms with van der Waals surface area (Å²) in [5.41, 5.74) is 1.79. The van der Waals surface area contributed by atoms with E-state index in [1.807, 2.05) is 32.0 Å². The number of amides is 1. The second-order valence-electron chi connectivity index (χ2n) is 6.75. The minimum atomic E-state index is -0.141. The fraction of sp³-hybridized carbons (Fsp3) is 0.381.